The Balaban J connectivity index is 1.62. The molecule has 0 spiro atoms. The van der Waals surface area contributed by atoms with Crippen molar-refractivity contribution in [3.63, 3.8) is 0 Å². The normalized spacial score (nSPS) is 13.3. The van der Waals surface area contributed by atoms with Crippen molar-refractivity contribution in [1.82, 2.24) is 15.4 Å². The van der Waals surface area contributed by atoms with Gasteiger partial charge in [0.1, 0.15) is 4.21 Å². The van der Waals surface area contributed by atoms with Gasteiger partial charge in [-0.05, 0) is 30.5 Å². The van der Waals surface area contributed by atoms with Gasteiger partial charge in [-0.2, -0.15) is 0 Å². The lowest BCUT2D eigenvalue weighted by Crippen LogP contribution is -2.43. The zero-order valence-electron chi connectivity index (χ0n) is 17.1. The van der Waals surface area contributed by atoms with E-state index < -0.39 is 10.0 Å². The van der Waals surface area contributed by atoms with Gasteiger partial charge in [0.05, 0.1) is 13.2 Å². The second kappa shape index (κ2) is 11.9. The molecule has 160 valence electrons. The average Bonchev–Trinajstić information content (AvgIpc) is 3.15. The summed E-state index contributed by atoms with van der Waals surface area (Å²) in [5.74, 6) is 0.934. The van der Waals surface area contributed by atoms with Gasteiger partial charge in [0, 0.05) is 31.6 Å². The van der Waals surface area contributed by atoms with E-state index in [0.29, 0.717) is 42.4 Å². The maximum atomic E-state index is 12.2. The largest absolute Gasteiger partial charge is 0.376 e. The van der Waals surface area contributed by atoms with Crippen LogP contribution in [0.5, 0.6) is 0 Å². The summed E-state index contributed by atoms with van der Waals surface area (Å²) in [5.41, 5.74) is 1.16. The first-order valence-electron chi connectivity index (χ1n) is 9.53. The van der Waals surface area contributed by atoms with Crippen molar-refractivity contribution < 1.29 is 13.2 Å². The quantitative estimate of drug-likeness (QED) is 0.285. The van der Waals surface area contributed by atoms with E-state index in [1.807, 2.05) is 37.3 Å². The van der Waals surface area contributed by atoms with Gasteiger partial charge in [-0.15, -0.1) is 11.3 Å². The van der Waals surface area contributed by atoms with E-state index in [2.05, 4.69) is 27.3 Å². The molecule has 1 atom stereocenters. The number of thiophene rings is 1. The van der Waals surface area contributed by atoms with Crippen molar-refractivity contribution in [3.05, 3.63) is 52.9 Å². The van der Waals surface area contributed by atoms with E-state index in [0.717, 1.165) is 10.4 Å². The van der Waals surface area contributed by atoms with Gasteiger partial charge >= 0.3 is 0 Å². The Bertz CT molecular complexity index is 867. The lowest BCUT2D eigenvalue weighted by atomic mass is 10.2. The van der Waals surface area contributed by atoms with Gasteiger partial charge in [0.2, 0.25) is 10.0 Å². The summed E-state index contributed by atoms with van der Waals surface area (Å²) in [6.07, 6.45) is 0. The van der Waals surface area contributed by atoms with E-state index in [4.69, 9.17) is 4.74 Å². The molecule has 0 bridgehead atoms. The Morgan fingerprint density at radius 2 is 1.90 bits per heavy atom. The fraction of sp³-hybridized carbons (Fsp3) is 0.450. The molecule has 0 aliphatic carbocycles. The number of ether oxygens (including phenoxy) is 1. The maximum absolute atomic E-state index is 12.2. The smallest absolute Gasteiger partial charge is 0.250 e. The third kappa shape index (κ3) is 8.53. The molecule has 1 aromatic carbocycles. The van der Waals surface area contributed by atoms with E-state index in [1.165, 1.54) is 11.3 Å². The summed E-state index contributed by atoms with van der Waals surface area (Å²) in [6, 6.07) is 13.5. The molecule has 2 aromatic rings. The number of rotatable bonds is 11. The average molecular weight is 439 g/mol. The van der Waals surface area contributed by atoms with Gasteiger partial charge in [0.15, 0.2) is 5.96 Å². The molecular weight excluding hydrogens is 408 g/mol. The molecule has 0 amide bonds. The van der Waals surface area contributed by atoms with Crippen molar-refractivity contribution in [1.29, 1.82) is 0 Å². The minimum absolute atomic E-state index is 0.274. The number of nitrogens with zero attached hydrogens (tertiary/aromatic N) is 1. The summed E-state index contributed by atoms with van der Waals surface area (Å²) >= 11 is 1.26. The fourth-order valence-corrected chi connectivity index (χ4v) is 4.86. The summed E-state index contributed by atoms with van der Waals surface area (Å²) in [7, 11) is -1.77. The standard InChI is InChI=1S/C20H30N4O3S2/c1-16(14-27-15-18-7-5-4-6-8-18)13-23-20(21-3)22-11-12-24-29(25,26)19-10-9-17(2)28-19/h4-10,16,24H,11-15H2,1-3H3,(H2,21,22,23). The number of hydrogen-bond donors (Lipinski definition) is 3. The molecule has 0 aliphatic rings. The first-order valence-corrected chi connectivity index (χ1v) is 11.8. The van der Waals surface area contributed by atoms with E-state index >= 15 is 0 Å². The van der Waals surface area contributed by atoms with E-state index in [9.17, 15) is 8.42 Å². The van der Waals surface area contributed by atoms with Crippen LogP contribution in [-0.4, -0.2) is 47.7 Å². The highest BCUT2D eigenvalue weighted by molar-refractivity contribution is 7.91. The number of sulfonamides is 1. The molecule has 9 heteroatoms. The predicted molar refractivity (Wildman–Crippen MR) is 119 cm³/mol. The fourth-order valence-electron chi connectivity index (χ4n) is 2.50. The molecule has 2 rings (SSSR count). The Morgan fingerprint density at radius 1 is 1.14 bits per heavy atom. The molecule has 1 unspecified atom stereocenters. The minimum atomic E-state index is -3.45. The van der Waals surface area contributed by atoms with Gasteiger partial charge < -0.3 is 15.4 Å². The lowest BCUT2D eigenvalue weighted by Gasteiger charge is -2.16. The van der Waals surface area contributed by atoms with Crippen molar-refractivity contribution in [2.24, 2.45) is 10.9 Å². The number of nitrogens with one attached hydrogen (secondary N) is 3. The SMILES string of the molecule is CN=C(NCCNS(=O)(=O)c1ccc(C)s1)NCC(C)COCc1ccccc1. The highest BCUT2D eigenvalue weighted by Gasteiger charge is 2.15. The summed E-state index contributed by atoms with van der Waals surface area (Å²) in [5, 5.41) is 6.34. The monoisotopic (exact) mass is 438 g/mol. The summed E-state index contributed by atoms with van der Waals surface area (Å²) in [4.78, 5) is 5.13. The summed E-state index contributed by atoms with van der Waals surface area (Å²) in [6.45, 7) is 6.63. The zero-order chi connectivity index (χ0) is 21.1. The topological polar surface area (TPSA) is 91.8 Å². The van der Waals surface area contributed by atoms with Gasteiger partial charge in [-0.1, -0.05) is 37.3 Å². The molecule has 0 fully saturated rings. The molecule has 0 aliphatic heterocycles. The van der Waals surface area contributed by atoms with Crippen LogP contribution in [0.2, 0.25) is 0 Å². The molecule has 0 saturated heterocycles. The number of guanidine groups is 1. The summed E-state index contributed by atoms with van der Waals surface area (Å²) < 4.78 is 33.1. The van der Waals surface area contributed by atoms with Crippen LogP contribution < -0.4 is 15.4 Å². The second-order valence-electron chi connectivity index (χ2n) is 6.75. The van der Waals surface area contributed by atoms with Crippen LogP contribution in [0, 0.1) is 12.8 Å². The zero-order valence-corrected chi connectivity index (χ0v) is 18.8. The van der Waals surface area contributed by atoms with Crippen LogP contribution in [0.15, 0.2) is 51.7 Å². The first-order chi connectivity index (χ1) is 13.9. The predicted octanol–water partition coefficient (Wildman–Crippen LogP) is 2.35. The molecule has 0 radical (unpaired) electrons. The van der Waals surface area contributed by atoms with Crippen LogP contribution in [0.25, 0.3) is 0 Å². The first kappa shape index (κ1) is 23.3. The number of hydrogen-bond acceptors (Lipinski definition) is 5. The van der Waals surface area contributed by atoms with Crippen LogP contribution in [0.3, 0.4) is 0 Å². The number of aryl methyl sites for hydroxylation is 1. The van der Waals surface area contributed by atoms with Crippen molar-refractivity contribution in [2.75, 3.05) is 33.3 Å². The number of benzene rings is 1. The Hall–Kier alpha value is -1.94. The molecule has 0 saturated carbocycles. The highest BCUT2D eigenvalue weighted by atomic mass is 32.2. The van der Waals surface area contributed by atoms with E-state index in [-0.39, 0.29) is 6.54 Å². The molecule has 29 heavy (non-hydrogen) atoms. The Labute approximate surface area is 177 Å². The Kier molecular flexibility index (Phi) is 9.59. The lowest BCUT2D eigenvalue weighted by molar-refractivity contribution is 0.0931. The van der Waals surface area contributed by atoms with Crippen LogP contribution in [-0.2, 0) is 21.4 Å². The van der Waals surface area contributed by atoms with Crippen LogP contribution in [0.1, 0.15) is 17.4 Å². The second-order valence-corrected chi connectivity index (χ2v) is 10.0. The maximum Gasteiger partial charge on any atom is 0.250 e. The molecule has 1 heterocycles. The minimum Gasteiger partial charge on any atom is -0.376 e. The van der Waals surface area contributed by atoms with Crippen LogP contribution >= 0.6 is 11.3 Å². The van der Waals surface area contributed by atoms with Crippen molar-refractivity contribution in [3.8, 4) is 0 Å². The Morgan fingerprint density at radius 3 is 2.55 bits per heavy atom. The van der Waals surface area contributed by atoms with Crippen molar-refractivity contribution >= 4 is 27.3 Å². The third-order valence-corrected chi connectivity index (χ3v) is 7.00. The molecule has 7 nitrogen and oxygen atoms in total. The number of aliphatic imine (C=N–C) groups is 1. The molecule has 3 N–H and O–H groups in total. The highest BCUT2D eigenvalue weighted by Crippen LogP contribution is 2.19. The van der Waals surface area contributed by atoms with Gasteiger partial charge in [0.25, 0.3) is 0 Å². The van der Waals surface area contributed by atoms with Gasteiger partial charge in [-0.25, -0.2) is 13.1 Å². The third-order valence-electron chi connectivity index (χ3n) is 4.05. The van der Waals surface area contributed by atoms with Crippen molar-refractivity contribution in [2.45, 2.75) is 24.7 Å². The molecule has 1 aromatic heterocycles. The van der Waals surface area contributed by atoms with E-state index in [1.54, 1.807) is 19.2 Å². The van der Waals surface area contributed by atoms with Gasteiger partial charge in [-0.3, -0.25) is 4.99 Å². The van der Waals surface area contributed by atoms with Crippen LogP contribution in [0.4, 0.5) is 0 Å². The molecular formula is C20H30N4O3S2.